The average Bonchev–Trinajstić information content (AvgIpc) is 2.99. The maximum absolute atomic E-state index is 14.1. The van der Waals surface area contributed by atoms with Crippen molar-refractivity contribution in [2.24, 2.45) is 0 Å². The summed E-state index contributed by atoms with van der Waals surface area (Å²) in [6.45, 7) is 9.54. The lowest BCUT2D eigenvalue weighted by Gasteiger charge is -2.34. The molecule has 2 unspecified atom stereocenters. The molecule has 0 fully saturated rings. The molecule has 0 aliphatic carbocycles. The number of hydrogen-bond donors (Lipinski definition) is 1. The van der Waals surface area contributed by atoms with Crippen LogP contribution in [-0.2, 0) is 19.1 Å². The van der Waals surface area contributed by atoms with E-state index in [9.17, 15) is 19.2 Å². The van der Waals surface area contributed by atoms with Crippen LogP contribution in [0.3, 0.4) is 0 Å². The highest BCUT2D eigenvalue weighted by Crippen LogP contribution is 2.36. The Balaban J connectivity index is 1.85. The van der Waals surface area contributed by atoms with Gasteiger partial charge < -0.3 is 24.6 Å². The standard InChI is InChI=1S/C32H39N3O6/c1-7-40-27(36)20-22(2)35-28(24-15-11-8-12-16-24)30(38)34(6)26-18-17-23(21-25(26)29(35)37)14-10-9-13-19-33-31(39)41-32(3,4)5/h8,11-12,15-18,21-22,28H,7,9,13,19-20H2,1-6H3,(H,33,39). The minimum Gasteiger partial charge on any atom is -0.466 e. The molecule has 0 radical (unpaired) electrons. The van der Waals surface area contributed by atoms with Crippen LogP contribution in [0.25, 0.3) is 0 Å². The van der Waals surface area contributed by atoms with Crippen LogP contribution < -0.4 is 10.2 Å². The van der Waals surface area contributed by atoms with Gasteiger partial charge in [0.25, 0.3) is 11.8 Å². The van der Waals surface area contributed by atoms with E-state index in [0.717, 1.165) is 0 Å². The van der Waals surface area contributed by atoms with Gasteiger partial charge in [-0.2, -0.15) is 0 Å². The molecule has 1 aliphatic rings. The summed E-state index contributed by atoms with van der Waals surface area (Å²) in [4.78, 5) is 55.0. The van der Waals surface area contributed by atoms with Crippen molar-refractivity contribution in [3.8, 4) is 11.8 Å². The number of carbonyl (C=O) groups is 4. The second-order valence-corrected chi connectivity index (χ2v) is 10.8. The van der Waals surface area contributed by atoms with E-state index >= 15 is 0 Å². The van der Waals surface area contributed by atoms with Gasteiger partial charge in [-0.1, -0.05) is 42.2 Å². The number of esters is 1. The topological polar surface area (TPSA) is 105 Å². The number of nitrogens with zero attached hydrogens (tertiary/aromatic N) is 2. The van der Waals surface area contributed by atoms with Crippen LogP contribution in [0.15, 0.2) is 48.5 Å². The third kappa shape index (κ3) is 8.34. The number of hydrogen-bond acceptors (Lipinski definition) is 6. The number of rotatable bonds is 8. The largest absolute Gasteiger partial charge is 0.466 e. The van der Waals surface area contributed by atoms with Crippen molar-refractivity contribution in [2.45, 2.75) is 71.6 Å². The highest BCUT2D eigenvalue weighted by atomic mass is 16.6. The van der Waals surface area contributed by atoms with Crippen LogP contribution in [-0.4, -0.2) is 60.6 Å². The fourth-order valence-electron chi connectivity index (χ4n) is 4.55. The number of anilines is 1. The maximum atomic E-state index is 14.1. The first-order chi connectivity index (χ1) is 19.4. The Morgan fingerprint density at radius 2 is 1.80 bits per heavy atom. The van der Waals surface area contributed by atoms with Crippen molar-refractivity contribution in [3.63, 3.8) is 0 Å². The molecule has 0 saturated carbocycles. The number of amides is 3. The number of ether oxygens (including phenoxy) is 2. The van der Waals surface area contributed by atoms with Gasteiger partial charge in [-0.05, 0) is 64.8 Å². The molecule has 1 aliphatic heterocycles. The molecule has 0 bridgehead atoms. The molecule has 3 rings (SSSR count). The van der Waals surface area contributed by atoms with E-state index in [2.05, 4.69) is 17.2 Å². The van der Waals surface area contributed by atoms with Crippen LogP contribution in [0.4, 0.5) is 10.5 Å². The van der Waals surface area contributed by atoms with Gasteiger partial charge in [0.1, 0.15) is 11.6 Å². The van der Waals surface area contributed by atoms with E-state index in [-0.39, 0.29) is 24.8 Å². The Hall–Kier alpha value is -4.32. The molecule has 1 heterocycles. The van der Waals surface area contributed by atoms with Crippen molar-refractivity contribution in [1.82, 2.24) is 10.2 Å². The van der Waals surface area contributed by atoms with Crippen molar-refractivity contribution in [1.29, 1.82) is 0 Å². The summed E-state index contributed by atoms with van der Waals surface area (Å²) in [5.41, 5.74) is 1.52. The number of likely N-dealkylation sites (N-methyl/N-ethyl adjacent to an activating group) is 1. The summed E-state index contributed by atoms with van der Waals surface area (Å²) in [6.07, 6.45) is 0.638. The molecule has 9 nitrogen and oxygen atoms in total. The second kappa shape index (κ2) is 13.8. The number of fused-ring (bicyclic) bond motifs is 1. The molecule has 0 saturated heterocycles. The van der Waals surface area contributed by atoms with Gasteiger partial charge in [0.2, 0.25) is 0 Å². The van der Waals surface area contributed by atoms with E-state index in [4.69, 9.17) is 9.47 Å². The number of carbonyl (C=O) groups excluding carboxylic acids is 4. The van der Waals surface area contributed by atoms with Crippen LogP contribution in [0.2, 0.25) is 0 Å². The minimum absolute atomic E-state index is 0.0495. The average molecular weight is 562 g/mol. The maximum Gasteiger partial charge on any atom is 0.407 e. The monoisotopic (exact) mass is 561 g/mol. The fourth-order valence-corrected chi connectivity index (χ4v) is 4.55. The van der Waals surface area contributed by atoms with Gasteiger partial charge >= 0.3 is 12.1 Å². The molecule has 0 aromatic heterocycles. The Kier molecular flexibility index (Phi) is 10.5. The summed E-state index contributed by atoms with van der Waals surface area (Å²) < 4.78 is 10.4. The van der Waals surface area contributed by atoms with Gasteiger partial charge in [0, 0.05) is 31.6 Å². The first-order valence-electron chi connectivity index (χ1n) is 13.8. The normalized spacial score (nSPS) is 15.7. The zero-order valence-corrected chi connectivity index (χ0v) is 24.7. The van der Waals surface area contributed by atoms with E-state index in [1.807, 2.05) is 18.2 Å². The predicted octanol–water partition coefficient (Wildman–Crippen LogP) is 4.84. The zero-order valence-electron chi connectivity index (χ0n) is 24.7. The van der Waals surface area contributed by atoms with Gasteiger partial charge in [-0.25, -0.2) is 4.79 Å². The van der Waals surface area contributed by atoms with Crippen molar-refractivity contribution in [3.05, 3.63) is 65.2 Å². The summed E-state index contributed by atoms with van der Waals surface area (Å²) in [7, 11) is 1.65. The van der Waals surface area contributed by atoms with Crippen LogP contribution in [0.5, 0.6) is 0 Å². The van der Waals surface area contributed by atoms with Crippen LogP contribution in [0, 0.1) is 11.8 Å². The molecular formula is C32H39N3O6. The highest BCUT2D eigenvalue weighted by Gasteiger charge is 2.42. The van der Waals surface area contributed by atoms with Crippen molar-refractivity contribution < 1.29 is 28.7 Å². The van der Waals surface area contributed by atoms with Gasteiger partial charge in [0.15, 0.2) is 0 Å². The number of nitrogens with one attached hydrogen (secondary N) is 1. The molecular weight excluding hydrogens is 522 g/mol. The molecule has 0 spiro atoms. The fraction of sp³-hybridized carbons (Fsp3) is 0.438. The van der Waals surface area contributed by atoms with Crippen LogP contribution in [0.1, 0.15) is 81.4 Å². The third-order valence-electron chi connectivity index (χ3n) is 6.40. The Morgan fingerprint density at radius 1 is 1.10 bits per heavy atom. The third-order valence-corrected chi connectivity index (χ3v) is 6.40. The van der Waals surface area contributed by atoms with Crippen molar-refractivity contribution >= 4 is 29.6 Å². The molecule has 3 amide bonds. The van der Waals surface area contributed by atoms with E-state index < -0.39 is 29.7 Å². The lowest BCUT2D eigenvalue weighted by molar-refractivity contribution is -0.144. The molecule has 2 atom stereocenters. The lowest BCUT2D eigenvalue weighted by atomic mass is 10.0. The molecule has 2 aromatic carbocycles. The summed E-state index contributed by atoms with van der Waals surface area (Å²) in [5.74, 6) is 5.07. The first-order valence-corrected chi connectivity index (χ1v) is 13.8. The minimum atomic E-state index is -0.919. The SMILES string of the molecule is CCOC(=O)CC(C)N1C(=O)c2cc(C#CCCCNC(=O)OC(C)(C)C)ccc2N(C)C(=O)C1c1ccccc1. The highest BCUT2D eigenvalue weighted by molar-refractivity contribution is 6.11. The van der Waals surface area contributed by atoms with E-state index in [0.29, 0.717) is 41.8 Å². The molecule has 41 heavy (non-hydrogen) atoms. The first kappa shape index (κ1) is 31.2. The molecule has 218 valence electrons. The van der Waals surface area contributed by atoms with Crippen molar-refractivity contribution in [2.75, 3.05) is 25.1 Å². The second-order valence-electron chi connectivity index (χ2n) is 10.8. The number of unbranched alkanes of at least 4 members (excludes halogenated alkanes) is 1. The van der Waals surface area contributed by atoms with Crippen LogP contribution >= 0.6 is 0 Å². The Labute approximate surface area is 242 Å². The zero-order chi connectivity index (χ0) is 30.2. The number of benzene rings is 2. The smallest absolute Gasteiger partial charge is 0.407 e. The summed E-state index contributed by atoms with van der Waals surface area (Å²) in [5, 5.41) is 2.71. The summed E-state index contributed by atoms with van der Waals surface area (Å²) >= 11 is 0. The molecule has 9 heteroatoms. The van der Waals surface area contributed by atoms with Gasteiger partial charge in [0.05, 0.1) is 24.3 Å². The Morgan fingerprint density at radius 3 is 2.46 bits per heavy atom. The Bertz CT molecular complexity index is 1320. The van der Waals surface area contributed by atoms with Gasteiger partial charge in [-0.3, -0.25) is 14.4 Å². The van der Waals surface area contributed by atoms with E-state index in [1.54, 1.807) is 72.0 Å². The predicted molar refractivity (Wildman–Crippen MR) is 156 cm³/mol. The van der Waals surface area contributed by atoms with Gasteiger partial charge in [-0.15, -0.1) is 0 Å². The molecule has 1 N–H and O–H groups in total. The summed E-state index contributed by atoms with van der Waals surface area (Å²) in [6, 6.07) is 12.7. The molecule has 2 aromatic rings. The van der Waals surface area contributed by atoms with E-state index in [1.165, 1.54) is 9.80 Å². The number of alkyl carbamates (subject to hydrolysis) is 1. The lowest BCUT2D eigenvalue weighted by Crippen LogP contribution is -2.46. The quantitative estimate of drug-likeness (QED) is 0.281.